The fourth-order valence-electron chi connectivity index (χ4n) is 1.55. The zero-order chi connectivity index (χ0) is 14.5. The third kappa shape index (κ3) is 7.13. The molecule has 0 saturated heterocycles. The van der Waals surface area contributed by atoms with Crippen LogP contribution in [0, 0.1) is 5.82 Å². The van der Waals surface area contributed by atoms with Gasteiger partial charge in [-0.3, -0.25) is 0 Å². The van der Waals surface area contributed by atoms with Gasteiger partial charge in [-0.15, -0.1) is 0 Å². The minimum Gasteiger partial charge on any atom is -0.493 e. The third-order valence-corrected chi connectivity index (χ3v) is 2.63. The van der Waals surface area contributed by atoms with E-state index in [1.165, 1.54) is 12.1 Å². The molecule has 0 heterocycles. The van der Waals surface area contributed by atoms with Gasteiger partial charge in [0.2, 0.25) is 0 Å². The summed E-state index contributed by atoms with van der Waals surface area (Å²) >= 11 is 0. The van der Waals surface area contributed by atoms with Gasteiger partial charge in [0.25, 0.3) is 0 Å². The Labute approximate surface area is 114 Å². The van der Waals surface area contributed by atoms with Crippen LogP contribution in [0.25, 0.3) is 0 Å². The number of benzene rings is 1. The van der Waals surface area contributed by atoms with Gasteiger partial charge in [-0.05, 0) is 31.5 Å². The molecule has 0 spiro atoms. The van der Waals surface area contributed by atoms with E-state index in [0.29, 0.717) is 31.4 Å². The second kappa shape index (κ2) is 6.87. The number of hydrogen-bond donors (Lipinski definition) is 2. The molecule has 3 nitrogen and oxygen atoms in total. The van der Waals surface area contributed by atoms with E-state index >= 15 is 0 Å². The Hall–Kier alpha value is -1.13. The van der Waals surface area contributed by atoms with Crippen molar-refractivity contribution >= 4 is 0 Å². The van der Waals surface area contributed by atoms with Crippen molar-refractivity contribution in [3.63, 3.8) is 0 Å². The maximum Gasteiger partial charge on any atom is 0.127 e. The van der Waals surface area contributed by atoms with Gasteiger partial charge in [-0.1, -0.05) is 13.8 Å². The van der Waals surface area contributed by atoms with Gasteiger partial charge in [0.15, 0.2) is 0 Å². The Morgan fingerprint density at radius 3 is 2.58 bits per heavy atom. The second-order valence-corrected chi connectivity index (χ2v) is 5.74. The Bertz CT molecular complexity index is 400. The number of rotatable bonds is 7. The van der Waals surface area contributed by atoms with Gasteiger partial charge < -0.3 is 15.2 Å². The fourth-order valence-corrected chi connectivity index (χ4v) is 1.55. The highest BCUT2D eigenvalue weighted by Crippen LogP contribution is 2.18. The lowest BCUT2D eigenvalue weighted by Gasteiger charge is -2.17. The highest BCUT2D eigenvalue weighted by Gasteiger charge is 2.12. The van der Waals surface area contributed by atoms with Gasteiger partial charge in [0, 0.05) is 25.1 Å². The number of ether oxygens (including phenoxy) is 1. The predicted octanol–water partition coefficient (Wildman–Crippen LogP) is 2.86. The van der Waals surface area contributed by atoms with Crippen molar-refractivity contribution in [2.24, 2.45) is 0 Å². The van der Waals surface area contributed by atoms with E-state index in [1.54, 1.807) is 13.8 Å². The molecule has 0 saturated carbocycles. The monoisotopic (exact) mass is 269 g/mol. The zero-order valence-corrected chi connectivity index (χ0v) is 12.2. The maximum atomic E-state index is 13.5. The van der Waals surface area contributed by atoms with Crippen LogP contribution in [0.2, 0.25) is 0 Å². The molecule has 0 radical (unpaired) electrons. The molecule has 0 unspecified atom stereocenters. The van der Waals surface area contributed by atoms with E-state index in [1.807, 2.05) is 19.9 Å². The summed E-state index contributed by atoms with van der Waals surface area (Å²) in [5.74, 6) is 0.200. The lowest BCUT2D eigenvalue weighted by molar-refractivity contribution is 0.0553. The molecule has 0 aliphatic carbocycles. The molecule has 0 amide bonds. The van der Waals surface area contributed by atoms with Gasteiger partial charge in [0.05, 0.1) is 12.2 Å². The van der Waals surface area contributed by atoms with Gasteiger partial charge >= 0.3 is 0 Å². The molecule has 0 atom stereocenters. The average molecular weight is 269 g/mol. The first-order valence-electron chi connectivity index (χ1n) is 6.64. The van der Waals surface area contributed by atoms with Crippen molar-refractivity contribution in [2.75, 3.05) is 6.61 Å². The van der Waals surface area contributed by atoms with Crippen molar-refractivity contribution in [3.05, 3.63) is 29.6 Å². The molecular formula is C15H24FNO2. The Morgan fingerprint density at radius 2 is 2.00 bits per heavy atom. The molecular weight excluding hydrogens is 245 g/mol. The second-order valence-electron chi connectivity index (χ2n) is 5.74. The molecule has 0 aliphatic heterocycles. The van der Waals surface area contributed by atoms with Crippen molar-refractivity contribution in [1.29, 1.82) is 0 Å². The lowest BCUT2D eigenvalue weighted by atomic mass is 10.1. The van der Waals surface area contributed by atoms with Crippen LogP contribution >= 0.6 is 0 Å². The molecule has 0 bridgehead atoms. The van der Waals surface area contributed by atoms with Crippen LogP contribution in [0.15, 0.2) is 18.2 Å². The Kier molecular flexibility index (Phi) is 5.76. The molecule has 0 fully saturated rings. The molecule has 2 N–H and O–H groups in total. The Balaban J connectivity index is 2.58. The van der Waals surface area contributed by atoms with Crippen LogP contribution in [-0.2, 0) is 6.54 Å². The smallest absolute Gasteiger partial charge is 0.127 e. The lowest BCUT2D eigenvalue weighted by Crippen LogP contribution is -2.22. The summed E-state index contributed by atoms with van der Waals surface area (Å²) in [5.41, 5.74) is 0.0852. The molecule has 1 aromatic rings. The van der Waals surface area contributed by atoms with Crippen LogP contribution in [0.3, 0.4) is 0 Å². The minimum absolute atomic E-state index is 0.304. The molecule has 19 heavy (non-hydrogen) atoms. The molecule has 1 rings (SSSR count). The highest BCUT2D eigenvalue weighted by molar-refractivity contribution is 5.29. The molecule has 0 aliphatic rings. The average Bonchev–Trinajstić information content (AvgIpc) is 2.24. The van der Waals surface area contributed by atoms with E-state index in [4.69, 9.17) is 4.74 Å². The largest absolute Gasteiger partial charge is 0.493 e. The summed E-state index contributed by atoms with van der Waals surface area (Å²) in [7, 11) is 0. The first kappa shape index (κ1) is 15.9. The van der Waals surface area contributed by atoms with Crippen LogP contribution in [0.4, 0.5) is 4.39 Å². The normalized spacial score (nSPS) is 11.9. The molecule has 0 aromatic heterocycles. The minimum atomic E-state index is -0.768. The van der Waals surface area contributed by atoms with Crippen molar-refractivity contribution in [1.82, 2.24) is 5.32 Å². The van der Waals surface area contributed by atoms with Gasteiger partial charge in [0.1, 0.15) is 11.6 Å². The summed E-state index contributed by atoms with van der Waals surface area (Å²) in [6.45, 7) is 8.50. The summed E-state index contributed by atoms with van der Waals surface area (Å²) in [5, 5.41) is 12.8. The maximum absolute atomic E-state index is 13.5. The van der Waals surface area contributed by atoms with E-state index in [9.17, 15) is 9.50 Å². The highest BCUT2D eigenvalue weighted by atomic mass is 19.1. The molecule has 1 aromatic carbocycles. The third-order valence-electron chi connectivity index (χ3n) is 2.63. The van der Waals surface area contributed by atoms with Crippen molar-refractivity contribution < 1.29 is 14.2 Å². The van der Waals surface area contributed by atoms with Gasteiger partial charge in [-0.25, -0.2) is 4.39 Å². The zero-order valence-electron chi connectivity index (χ0n) is 12.2. The fraction of sp³-hybridized carbons (Fsp3) is 0.600. The van der Waals surface area contributed by atoms with Crippen molar-refractivity contribution in [3.8, 4) is 5.75 Å². The number of aliphatic hydroxyl groups is 1. The first-order valence-corrected chi connectivity index (χ1v) is 6.64. The topological polar surface area (TPSA) is 41.5 Å². The molecule has 108 valence electrons. The van der Waals surface area contributed by atoms with Gasteiger partial charge in [-0.2, -0.15) is 0 Å². The quantitative estimate of drug-likeness (QED) is 0.799. The summed E-state index contributed by atoms with van der Waals surface area (Å²) in [6.07, 6.45) is 0.503. The molecule has 4 heteroatoms. The van der Waals surface area contributed by atoms with Crippen LogP contribution in [0.5, 0.6) is 5.75 Å². The summed E-state index contributed by atoms with van der Waals surface area (Å²) in [4.78, 5) is 0. The number of nitrogens with one attached hydrogen (secondary N) is 1. The Morgan fingerprint density at radius 1 is 1.32 bits per heavy atom. The van der Waals surface area contributed by atoms with Crippen molar-refractivity contribution in [2.45, 2.75) is 52.3 Å². The summed E-state index contributed by atoms with van der Waals surface area (Å²) in [6, 6.07) is 5.03. The van der Waals surface area contributed by atoms with E-state index < -0.39 is 5.60 Å². The van der Waals surface area contributed by atoms with E-state index in [2.05, 4.69) is 5.32 Å². The standard InChI is InChI=1S/C15H24FNO2/c1-11(2)17-10-12-7-13(16)9-14(8-12)19-6-5-15(3,4)18/h7-9,11,17-18H,5-6,10H2,1-4H3. The van der Waals surface area contributed by atoms with Crippen LogP contribution < -0.4 is 10.1 Å². The number of halogens is 1. The summed E-state index contributed by atoms with van der Waals surface area (Å²) < 4.78 is 18.9. The predicted molar refractivity (Wildman–Crippen MR) is 74.8 cm³/mol. The van der Waals surface area contributed by atoms with Crippen LogP contribution in [0.1, 0.15) is 39.7 Å². The van der Waals surface area contributed by atoms with E-state index in [0.717, 1.165) is 5.56 Å². The number of hydrogen-bond acceptors (Lipinski definition) is 3. The van der Waals surface area contributed by atoms with E-state index in [-0.39, 0.29) is 5.82 Å². The first-order chi connectivity index (χ1) is 8.76. The van der Waals surface area contributed by atoms with Crippen LogP contribution in [-0.4, -0.2) is 23.4 Å². The SMILES string of the molecule is CC(C)NCc1cc(F)cc(OCCC(C)(C)O)c1.